The second-order valence-electron chi connectivity index (χ2n) is 2.90. The monoisotopic (exact) mass is 238 g/mol. The normalized spacial score (nSPS) is 12.4. The quantitative estimate of drug-likeness (QED) is 0.418. The number of alkyl halides is 1. The minimum atomic E-state index is -2.03. The summed E-state index contributed by atoms with van der Waals surface area (Å²) in [5, 5.41) is 0. The fourth-order valence-electron chi connectivity index (χ4n) is 0.894. The Hall–Kier alpha value is -0.720. The SMILES string of the molecule is CCOC(=O)C(F)OCCOCCCOC. The lowest BCUT2D eigenvalue weighted by Crippen LogP contribution is -2.23. The van der Waals surface area contributed by atoms with Crippen LogP contribution in [0.25, 0.3) is 0 Å². The Bertz CT molecular complexity index is 177. The van der Waals surface area contributed by atoms with Crippen molar-refractivity contribution in [1.29, 1.82) is 0 Å². The number of rotatable bonds is 10. The predicted octanol–water partition coefficient (Wildman–Crippen LogP) is 0.915. The Labute approximate surface area is 94.8 Å². The van der Waals surface area contributed by atoms with Crippen molar-refractivity contribution < 1.29 is 28.1 Å². The Kier molecular flexibility index (Phi) is 10.3. The van der Waals surface area contributed by atoms with Gasteiger partial charge in [-0.15, -0.1) is 0 Å². The van der Waals surface area contributed by atoms with Crippen molar-refractivity contribution in [2.45, 2.75) is 19.7 Å². The molecule has 0 saturated carbocycles. The fraction of sp³-hybridized carbons (Fsp3) is 0.900. The van der Waals surface area contributed by atoms with Crippen molar-refractivity contribution in [3.05, 3.63) is 0 Å². The van der Waals surface area contributed by atoms with Gasteiger partial charge in [0.2, 0.25) is 0 Å². The second-order valence-corrected chi connectivity index (χ2v) is 2.90. The van der Waals surface area contributed by atoms with Crippen LogP contribution in [0.1, 0.15) is 13.3 Å². The molecule has 0 fully saturated rings. The van der Waals surface area contributed by atoms with E-state index in [4.69, 9.17) is 9.47 Å². The largest absolute Gasteiger partial charge is 0.462 e. The van der Waals surface area contributed by atoms with Crippen molar-refractivity contribution in [3.63, 3.8) is 0 Å². The van der Waals surface area contributed by atoms with Gasteiger partial charge in [-0.2, -0.15) is 0 Å². The van der Waals surface area contributed by atoms with E-state index in [1.165, 1.54) is 0 Å². The van der Waals surface area contributed by atoms with Gasteiger partial charge in [0, 0.05) is 20.3 Å². The highest BCUT2D eigenvalue weighted by Crippen LogP contribution is 1.97. The van der Waals surface area contributed by atoms with Crippen molar-refractivity contribution >= 4 is 5.97 Å². The third kappa shape index (κ3) is 8.58. The maximum absolute atomic E-state index is 12.8. The summed E-state index contributed by atoms with van der Waals surface area (Å²) in [7, 11) is 1.61. The molecule has 0 aliphatic heterocycles. The predicted molar refractivity (Wildman–Crippen MR) is 54.8 cm³/mol. The molecule has 6 heteroatoms. The van der Waals surface area contributed by atoms with Crippen LogP contribution in [-0.4, -0.2) is 52.5 Å². The van der Waals surface area contributed by atoms with Crippen LogP contribution in [0, 0.1) is 0 Å². The van der Waals surface area contributed by atoms with Crippen molar-refractivity contribution in [3.8, 4) is 0 Å². The molecular formula is C10H19FO5. The van der Waals surface area contributed by atoms with Gasteiger partial charge in [-0.1, -0.05) is 0 Å². The maximum atomic E-state index is 12.8. The second kappa shape index (κ2) is 10.8. The Morgan fingerprint density at radius 1 is 1.25 bits per heavy atom. The molecular weight excluding hydrogens is 219 g/mol. The molecule has 1 atom stereocenters. The summed E-state index contributed by atoms with van der Waals surface area (Å²) < 4.78 is 31.7. The summed E-state index contributed by atoms with van der Waals surface area (Å²) in [5.41, 5.74) is 0. The zero-order valence-corrected chi connectivity index (χ0v) is 9.74. The minimum Gasteiger partial charge on any atom is -0.462 e. The van der Waals surface area contributed by atoms with Gasteiger partial charge >= 0.3 is 5.97 Å². The summed E-state index contributed by atoms with van der Waals surface area (Å²) >= 11 is 0. The first-order valence-corrected chi connectivity index (χ1v) is 5.21. The molecule has 0 radical (unpaired) electrons. The molecule has 0 aromatic rings. The van der Waals surface area contributed by atoms with Gasteiger partial charge in [0.15, 0.2) is 0 Å². The van der Waals surface area contributed by atoms with Gasteiger partial charge in [-0.3, -0.25) is 0 Å². The van der Waals surface area contributed by atoms with E-state index in [1.54, 1.807) is 14.0 Å². The number of carbonyl (C=O) groups is 1. The van der Waals surface area contributed by atoms with E-state index in [0.29, 0.717) is 13.2 Å². The lowest BCUT2D eigenvalue weighted by atomic mass is 10.5. The first-order valence-electron chi connectivity index (χ1n) is 5.21. The molecule has 1 unspecified atom stereocenters. The lowest BCUT2D eigenvalue weighted by Gasteiger charge is -2.09. The first-order chi connectivity index (χ1) is 7.72. The minimum absolute atomic E-state index is 0.0208. The summed E-state index contributed by atoms with van der Waals surface area (Å²) in [6.07, 6.45) is -1.25. The van der Waals surface area contributed by atoms with Crippen LogP contribution in [0.2, 0.25) is 0 Å². The van der Waals surface area contributed by atoms with Gasteiger partial charge in [0.1, 0.15) is 0 Å². The number of ether oxygens (including phenoxy) is 4. The molecule has 16 heavy (non-hydrogen) atoms. The summed E-state index contributed by atoms with van der Waals surface area (Å²) in [6, 6.07) is 0. The van der Waals surface area contributed by atoms with Crippen LogP contribution in [0.15, 0.2) is 0 Å². The van der Waals surface area contributed by atoms with E-state index in [-0.39, 0.29) is 19.8 Å². The van der Waals surface area contributed by atoms with Crippen molar-refractivity contribution in [2.75, 3.05) is 40.1 Å². The highest BCUT2D eigenvalue weighted by molar-refractivity contribution is 5.72. The van der Waals surface area contributed by atoms with E-state index in [1.807, 2.05) is 0 Å². The molecule has 0 aliphatic rings. The smallest absolute Gasteiger partial charge is 0.368 e. The lowest BCUT2D eigenvalue weighted by molar-refractivity contribution is -0.170. The molecule has 0 spiro atoms. The van der Waals surface area contributed by atoms with E-state index in [9.17, 15) is 9.18 Å². The zero-order valence-electron chi connectivity index (χ0n) is 9.74. The van der Waals surface area contributed by atoms with Crippen LogP contribution in [0.4, 0.5) is 4.39 Å². The molecule has 0 rings (SSSR count). The number of hydrogen-bond acceptors (Lipinski definition) is 5. The molecule has 5 nitrogen and oxygen atoms in total. The number of esters is 1. The first kappa shape index (κ1) is 15.3. The van der Waals surface area contributed by atoms with Gasteiger partial charge in [0.05, 0.1) is 19.8 Å². The molecule has 0 heterocycles. The third-order valence-corrected chi connectivity index (χ3v) is 1.60. The third-order valence-electron chi connectivity index (χ3n) is 1.60. The Balaban J connectivity index is 3.27. The average Bonchev–Trinajstić information content (AvgIpc) is 2.28. The van der Waals surface area contributed by atoms with E-state index in [0.717, 1.165) is 6.42 Å². The fourth-order valence-corrected chi connectivity index (χ4v) is 0.894. The molecule has 0 aliphatic carbocycles. The van der Waals surface area contributed by atoms with Gasteiger partial charge in [-0.05, 0) is 13.3 Å². The molecule has 0 amide bonds. The van der Waals surface area contributed by atoms with Gasteiger partial charge < -0.3 is 18.9 Å². The van der Waals surface area contributed by atoms with Crippen LogP contribution in [0.5, 0.6) is 0 Å². The summed E-state index contributed by atoms with van der Waals surface area (Å²) in [6.45, 7) is 3.14. The Morgan fingerprint density at radius 2 is 2.00 bits per heavy atom. The van der Waals surface area contributed by atoms with Crippen molar-refractivity contribution in [2.24, 2.45) is 0 Å². The number of halogens is 1. The molecule has 0 saturated heterocycles. The topological polar surface area (TPSA) is 54.0 Å². The highest BCUT2D eigenvalue weighted by Gasteiger charge is 2.18. The molecule has 0 N–H and O–H groups in total. The van der Waals surface area contributed by atoms with E-state index in [2.05, 4.69) is 9.47 Å². The van der Waals surface area contributed by atoms with Crippen LogP contribution in [-0.2, 0) is 23.7 Å². The number of methoxy groups -OCH3 is 1. The average molecular weight is 238 g/mol. The molecule has 0 aromatic carbocycles. The number of carbonyl (C=O) groups excluding carboxylic acids is 1. The number of hydrogen-bond donors (Lipinski definition) is 0. The van der Waals surface area contributed by atoms with Crippen LogP contribution < -0.4 is 0 Å². The summed E-state index contributed by atoms with van der Waals surface area (Å²) in [4.78, 5) is 10.8. The highest BCUT2D eigenvalue weighted by atomic mass is 19.1. The molecule has 0 bridgehead atoms. The maximum Gasteiger partial charge on any atom is 0.368 e. The van der Waals surface area contributed by atoms with Gasteiger partial charge in [-0.25, -0.2) is 9.18 Å². The van der Waals surface area contributed by atoms with Crippen LogP contribution in [0.3, 0.4) is 0 Å². The molecule has 0 aromatic heterocycles. The molecule has 96 valence electrons. The van der Waals surface area contributed by atoms with Gasteiger partial charge in [0.25, 0.3) is 6.36 Å². The zero-order chi connectivity index (χ0) is 12.2. The van der Waals surface area contributed by atoms with Crippen molar-refractivity contribution in [1.82, 2.24) is 0 Å². The summed E-state index contributed by atoms with van der Waals surface area (Å²) in [5.74, 6) is -0.998. The standard InChI is InChI=1S/C10H19FO5/c1-3-15-10(12)9(11)16-8-7-14-6-4-5-13-2/h9H,3-8H2,1-2H3. The van der Waals surface area contributed by atoms with E-state index >= 15 is 0 Å². The Morgan fingerprint density at radius 3 is 2.62 bits per heavy atom. The van der Waals surface area contributed by atoms with E-state index < -0.39 is 12.3 Å². The van der Waals surface area contributed by atoms with Crippen LogP contribution >= 0.6 is 0 Å².